The molecule has 3 rings (SSSR count). The van der Waals surface area contributed by atoms with Crippen LogP contribution in [0.2, 0.25) is 0 Å². The first-order valence-corrected chi connectivity index (χ1v) is 11.2. The van der Waals surface area contributed by atoms with Crippen LogP contribution < -0.4 is 10.9 Å². The Kier molecular flexibility index (Phi) is 7.02. The molecule has 3 aromatic rings. The number of nitrogens with zero attached hydrogens (tertiary/aromatic N) is 2. The number of hydrogen-bond donors (Lipinski definition) is 1. The number of thioether (sulfide) groups is 1. The third-order valence-electron chi connectivity index (χ3n) is 4.93. The smallest absolute Gasteiger partial charge is 0.338 e. The number of carbonyl (C=O) groups excluding carboxylic acids is 2. The van der Waals surface area contributed by atoms with Crippen molar-refractivity contribution in [1.29, 1.82) is 0 Å². The molecule has 0 aliphatic carbocycles. The molecule has 7 nitrogen and oxygen atoms in total. The number of hydrogen-bond acceptors (Lipinski definition) is 5. The van der Waals surface area contributed by atoms with E-state index in [0.717, 1.165) is 11.3 Å². The summed E-state index contributed by atoms with van der Waals surface area (Å²) in [5, 5.41) is 2.62. The van der Waals surface area contributed by atoms with Gasteiger partial charge in [-0.05, 0) is 49.9 Å². The Labute approximate surface area is 185 Å². The lowest BCUT2D eigenvalue weighted by Gasteiger charge is -2.13. The molecule has 0 aliphatic heterocycles. The lowest BCUT2D eigenvalue weighted by atomic mass is 10.1. The summed E-state index contributed by atoms with van der Waals surface area (Å²) in [6.45, 7) is 3.22. The van der Waals surface area contributed by atoms with Crippen LogP contribution in [0.5, 0.6) is 0 Å². The zero-order valence-electron chi connectivity index (χ0n) is 17.9. The monoisotopic (exact) mass is 439 g/mol. The molecule has 0 saturated carbocycles. The number of amides is 1. The van der Waals surface area contributed by atoms with Gasteiger partial charge in [-0.2, -0.15) is 11.8 Å². The largest absolute Gasteiger partial charge is 0.449 e. The van der Waals surface area contributed by atoms with Crippen LogP contribution in [0, 0.1) is 6.92 Å². The van der Waals surface area contributed by atoms with Crippen LogP contribution in [0.4, 0.5) is 5.69 Å². The summed E-state index contributed by atoms with van der Waals surface area (Å²) in [4.78, 5) is 38.1. The van der Waals surface area contributed by atoms with Gasteiger partial charge in [-0.25, -0.2) is 9.48 Å². The highest BCUT2D eigenvalue weighted by atomic mass is 32.2. The van der Waals surface area contributed by atoms with Crippen LogP contribution in [0.1, 0.15) is 28.5 Å². The number of benzene rings is 2. The highest BCUT2D eigenvalue weighted by molar-refractivity contribution is 7.97. The predicted molar refractivity (Wildman–Crippen MR) is 123 cm³/mol. The van der Waals surface area contributed by atoms with Crippen LogP contribution in [0.25, 0.3) is 5.69 Å². The van der Waals surface area contributed by atoms with E-state index in [4.69, 9.17) is 4.74 Å². The molecule has 1 amide bonds. The minimum absolute atomic E-state index is 0.154. The molecule has 162 valence electrons. The standard InChI is InChI=1S/C23H25N3O4S/c1-15-20(22(28)26(25(15)3)19-11-6-5-7-12-19)24-21(27)16(2)30-23(29)18-10-8-9-17(13-18)14-31-4/h5-13,16H,14H2,1-4H3,(H,24,27)/t16-/m0/s1. The van der Waals surface area contributed by atoms with E-state index < -0.39 is 18.0 Å². The number of para-hydroxylation sites is 1. The molecule has 0 unspecified atom stereocenters. The summed E-state index contributed by atoms with van der Waals surface area (Å²) in [7, 11) is 1.74. The summed E-state index contributed by atoms with van der Waals surface area (Å²) in [5.41, 5.74) is 2.45. The average molecular weight is 440 g/mol. The second-order valence-corrected chi connectivity index (χ2v) is 7.97. The molecule has 1 aromatic heterocycles. The Bertz CT molecular complexity index is 1150. The van der Waals surface area contributed by atoms with Gasteiger partial charge in [-0.15, -0.1) is 0 Å². The lowest BCUT2D eigenvalue weighted by molar-refractivity contribution is -0.123. The van der Waals surface area contributed by atoms with Crippen molar-refractivity contribution in [2.75, 3.05) is 11.6 Å². The van der Waals surface area contributed by atoms with Crippen molar-refractivity contribution in [2.24, 2.45) is 7.05 Å². The molecule has 2 aromatic carbocycles. The Balaban J connectivity index is 1.75. The fourth-order valence-corrected chi connectivity index (χ4v) is 3.69. The van der Waals surface area contributed by atoms with E-state index in [2.05, 4.69) is 5.32 Å². The zero-order chi connectivity index (χ0) is 22.5. The molecule has 1 heterocycles. The fraction of sp³-hybridized carbons (Fsp3) is 0.261. The second kappa shape index (κ2) is 9.70. The van der Waals surface area contributed by atoms with E-state index in [1.165, 1.54) is 11.6 Å². The predicted octanol–water partition coefficient (Wildman–Crippen LogP) is 3.53. The van der Waals surface area contributed by atoms with Crippen LogP contribution >= 0.6 is 11.8 Å². The second-order valence-electron chi connectivity index (χ2n) is 7.11. The number of aromatic nitrogens is 2. The minimum Gasteiger partial charge on any atom is -0.449 e. The molecule has 0 spiro atoms. The van der Waals surface area contributed by atoms with E-state index >= 15 is 0 Å². The van der Waals surface area contributed by atoms with Crippen LogP contribution in [-0.2, 0) is 22.3 Å². The number of carbonyl (C=O) groups is 2. The van der Waals surface area contributed by atoms with Gasteiger partial charge in [0.05, 0.1) is 16.9 Å². The maximum absolute atomic E-state index is 12.9. The molecule has 0 fully saturated rings. The number of ether oxygens (including phenoxy) is 1. The van der Waals surface area contributed by atoms with Gasteiger partial charge in [0.2, 0.25) is 0 Å². The van der Waals surface area contributed by atoms with E-state index in [0.29, 0.717) is 16.9 Å². The zero-order valence-corrected chi connectivity index (χ0v) is 18.7. The number of esters is 1. The molecular weight excluding hydrogens is 414 g/mol. The third-order valence-corrected chi connectivity index (χ3v) is 5.55. The van der Waals surface area contributed by atoms with Gasteiger partial charge in [0.25, 0.3) is 11.5 Å². The first kappa shape index (κ1) is 22.4. The highest BCUT2D eigenvalue weighted by Gasteiger charge is 2.23. The molecule has 31 heavy (non-hydrogen) atoms. The quantitative estimate of drug-likeness (QED) is 0.570. The van der Waals surface area contributed by atoms with Crippen LogP contribution in [0.3, 0.4) is 0 Å². The van der Waals surface area contributed by atoms with E-state index in [1.54, 1.807) is 48.6 Å². The Morgan fingerprint density at radius 1 is 1.13 bits per heavy atom. The number of rotatable bonds is 7. The van der Waals surface area contributed by atoms with Crippen molar-refractivity contribution in [3.05, 3.63) is 81.8 Å². The molecule has 0 radical (unpaired) electrons. The Hall–Kier alpha value is -3.26. The van der Waals surface area contributed by atoms with Crippen molar-refractivity contribution < 1.29 is 14.3 Å². The van der Waals surface area contributed by atoms with Gasteiger partial charge in [-0.1, -0.05) is 30.3 Å². The SMILES string of the molecule is CSCc1cccc(C(=O)O[C@@H](C)C(=O)Nc2c(C)n(C)n(-c3ccccc3)c2=O)c1. The molecule has 1 atom stereocenters. The topological polar surface area (TPSA) is 82.3 Å². The Morgan fingerprint density at radius 2 is 1.84 bits per heavy atom. The van der Waals surface area contributed by atoms with Crippen molar-refractivity contribution in [1.82, 2.24) is 9.36 Å². The van der Waals surface area contributed by atoms with Crippen molar-refractivity contribution in [3.8, 4) is 5.69 Å². The van der Waals surface area contributed by atoms with Gasteiger partial charge in [0.1, 0.15) is 5.69 Å². The van der Waals surface area contributed by atoms with Crippen molar-refractivity contribution in [2.45, 2.75) is 25.7 Å². The molecule has 0 saturated heterocycles. The molecule has 0 aliphatic rings. The average Bonchev–Trinajstić information content (AvgIpc) is 2.97. The van der Waals surface area contributed by atoms with E-state index in [9.17, 15) is 14.4 Å². The maximum Gasteiger partial charge on any atom is 0.338 e. The molecule has 0 bridgehead atoms. The fourth-order valence-electron chi connectivity index (χ4n) is 3.17. The first-order valence-electron chi connectivity index (χ1n) is 9.77. The normalized spacial score (nSPS) is 11.7. The summed E-state index contributed by atoms with van der Waals surface area (Å²) < 4.78 is 8.47. The highest BCUT2D eigenvalue weighted by Crippen LogP contribution is 2.16. The van der Waals surface area contributed by atoms with Crippen molar-refractivity contribution >= 4 is 29.3 Å². The van der Waals surface area contributed by atoms with E-state index in [1.807, 2.05) is 42.7 Å². The molecule has 1 N–H and O–H groups in total. The summed E-state index contributed by atoms with van der Waals surface area (Å²) in [6.07, 6.45) is 0.912. The number of anilines is 1. The molecule has 8 heteroatoms. The van der Waals surface area contributed by atoms with Crippen molar-refractivity contribution in [3.63, 3.8) is 0 Å². The maximum atomic E-state index is 12.9. The summed E-state index contributed by atoms with van der Waals surface area (Å²) >= 11 is 1.65. The lowest BCUT2D eigenvalue weighted by Crippen LogP contribution is -2.32. The summed E-state index contributed by atoms with van der Waals surface area (Å²) in [5.74, 6) is -0.380. The summed E-state index contributed by atoms with van der Waals surface area (Å²) in [6, 6.07) is 16.3. The molecular formula is C23H25N3O4S. The Morgan fingerprint density at radius 3 is 2.52 bits per heavy atom. The van der Waals surface area contributed by atoms with Gasteiger partial charge in [0, 0.05) is 12.8 Å². The van der Waals surface area contributed by atoms with Crippen LogP contribution in [-0.4, -0.2) is 33.6 Å². The van der Waals surface area contributed by atoms with Gasteiger partial charge >= 0.3 is 5.97 Å². The minimum atomic E-state index is -1.07. The first-order chi connectivity index (χ1) is 14.8. The van der Waals surface area contributed by atoms with Gasteiger partial charge in [-0.3, -0.25) is 14.3 Å². The van der Waals surface area contributed by atoms with E-state index in [-0.39, 0.29) is 11.2 Å². The third kappa shape index (κ3) is 4.91. The van der Waals surface area contributed by atoms with Crippen LogP contribution in [0.15, 0.2) is 59.4 Å². The number of nitrogens with one attached hydrogen (secondary N) is 1. The van der Waals surface area contributed by atoms with Gasteiger partial charge in [0.15, 0.2) is 6.10 Å². The van der Waals surface area contributed by atoms with Gasteiger partial charge < -0.3 is 10.1 Å².